The Bertz CT molecular complexity index is 357. The Hall–Kier alpha value is -1.03. The lowest BCUT2D eigenvalue weighted by Crippen LogP contribution is -2.33. The zero-order chi connectivity index (χ0) is 11.1. The fraction of sp³-hybridized carbons (Fsp3) is 0.636. The van der Waals surface area contributed by atoms with Crippen LogP contribution in [0.2, 0.25) is 0 Å². The van der Waals surface area contributed by atoms with Gasteiger partial charge in [-0.3, -0.25) is 10.2 Å². The smallest absolute Gasteiger partial charge is 0.254 e. The number of rotatable bonds is 1. The second kappa shape index (κ2) is 4.45. The van der Waals surface area contributed by atoms with Crippen molar-refractivity contribution >= 4 is 24.2 Å². The van der Waals surface area contributed by atoms with Crippen LogP contribution in [0.25, 0.3) is 0 Å². The molecule has 0 aromatic heterocycles. The monoisotopic (exact) mass is 244 g/mol. The number of nitrogens with one attached hydrogen (secondary N) is 1. The molecule has 1 aliphatic heterocycles. The summed E-state index contributed by atoms with van der Waals surface area (Å²) < 4.78 is 5.58. The highest BCUT2D eigenvalue weighted by Gasteiger charge is 2.45. The standard InChI is InChI=1S/C11H16N2O2.ClH/c1-7-8(9(12)14)10(13)15-11(7)5-3-2-4-6-11;/h13H,2-6H2,1H3,(H2,12,14);1H. The fourth-order valence-electron chi connectivity index (χ4n) is 2.62. The zero-order valence-electron chi connectivity index (χ0n) is 9.34. The molecule has 2 rings (SSSR count). The molecule has 0 unspecified atom stereocenters. The van der Waals surface area contributed by atoms with Crippen LogP contribution in [0.4, 0.5) is 0 Å². The van der Waals surface area contributed by atoms with Crippen molar-refractivity contribution in [1.82, 2.24) is 0 Å². The molecule has 1 aliphatic carbocycles. The van der Waals surface area contributed by atoms with E-state index in [1.54, 1.807) is 0 Å². The van der Waals surface area contributed by atoms with E-state index in [-0.39, 0.29) is 29.5 Å². The maximum Gasteiger partial charge on any atom is 0.254 e. The average Bonchev–Trinajstić information content (AvgIpc) is 2.40. The average molecular weight is 245 g/mol. The third-order valence-electron chi connectivity index (χ3n) is 3.49. The van der Waals surface area contributed by atoms with Gasteiger partial charge in [0.2, 0.25) is 5.90 Å². The molecule has 0 bridgehead atoms. The zero-order valence-corrected chi connectivity index (χ0v) is 10.2. The number of carbonyl (C=O) groups excluding carboxylic acids is 1. The number of ether oxygens (including phenoxy) is 1. The normalized spacial score (nSPS) is 22.9. The number of hydrogen-bond donors (Lipinski definition) is 2. The maximum atomic E-state index is 11.2. The topological polar surface area (TPSA) is 76.2 Å². The van der Waals surface area contributed by atoms with E-state index >= 15 is 0 Å². The molecule has 2 aliphatic rings. The predicted molar refractivity (Wildman–Crippen MR) is 63.8 cm³/mol. The second-order valence-corrected chi connectivity index (χ2v) is 4.35. The van der Waals surface area contributed by atoms with Gasteiger partial charge >= 0.3 is 0 Å². The number of primary amides is 1. The van der Waals surface area contributed by atoms with E-state index in [2.05, 4.69) is 0 Å². The first-order valence-electron chi connectivity index (χ1n) is 5.36. The Morgan fingerprint density at radius 2 is 1.94 bits per heavy atom. The molecule has 0 aromatic carbocycles. The molecule has 4 nitrogen and oxygen atoms in total. The summed E-state index contributed by atoms with van der Waals surface area (Å²) in [5.74, 6) is -0.582. The molecule has 1 amide bonds. The van der Waals surface area contributed by atoms with Gasteiger partial charge in [0.25, 0.3) is 5.91 Å². The summed E-state index contributed by atoms with van der Waals surface area (Å²) in [6.07, 6.45) is 5.20. The van der Waals surface area contributed by atoms with Gasteiger partial charge in [-0.15, -0.1) is 12.4 Å². The summed E-state index contributed by atoms with van der Waals surface area (Å²) in [4.78, 5) is 11.2. The summed E-state index contributed by atoms with van der Waals surface area (Å²) in [5, 5.41) is 7.65. The van der Waals surface area contributed by atoms with Gasteiger partial charge in [0.1, 0.15) is 11.2 Å². The van der Waals surface area contributed by atoms with Gasteiger partial charge in [-0.1, -0.05) is 6.42 Å². The molecule has 5 heteroatoms. The van der Waals surface area contributed by atoms with Crippen LogP contribution in [-0.2, 0) is 9.53 Å². The molecular formula is C11H17ClN2O2. The molecule has 0 atom stereocenters. The first-order chi connectivity index (χ1) is 7.07. The lowest BCUT2D eigenvalue weighted by molar-refractivity contribution is -0.114. The van der Waals surface area contributed by atoms with Crippen LogP contribution in [0.15, 0.2) is 11.1 Å². The first kappa shape index (κ1) is 13.0. The van der Waals surface area contributed by atoms with Crippen LogP contribution in [0, 0.1) is 5.41 Å². The summed E-state index contributed by atoms with van der Waals surface area (Å²) >= 11 is 0. The SMILES string of the molecule is CC1=C(C(N)=O)C(=N)OC12CCCCC2.Cl. The summed E-state index contributed by atoms with van der Waals surface area (Å²) in [7, 11) is 0. The van der Waals surface area contributed by atoms with E-state index in [4.69, 9.17) is 15.9 Å². The minimum Gasteiger partial charge on any atom is -0.466 e. The molecule has 3 N–H and O–H groups in total. The molecule has 0 radical (unpaired) electrons. The Labute approximate surface area is 101 Å². The van der Waals surface area contributed by atoms with Crippen molar-refractivity contribution in [3.8, 4) is 0 Å². The molecule has 1 spiro atoms. The minimum absolute atomic E-state index is 0. The number of halogens is 1. The summed E-state index contributed by atoms with van der Waals surface area (Å²) in [6, 6.07) is 0. The summed E-state index contributed by atoms with van der Waals surface area (Å²) in [6.45, 7) is 1.87. The quantitative estimate of drug-likeness (QED) is 0.739. The molecule has 1 fully saturated rings. The van der Waals surface area contributed by atoms with E-state index in [9.17, 15) is 4.79 Å². The molecule has 1 saturated carbocycles. The van der Waals surface area contributed by atoms with Crippen molar-refractivity contribution in [3.63, 3.8) is 0 Å². The largest absolute Gasteiger partial charge is 0.466 e. The Balaban J connectivity index is 0.00000128. The van der Waals surface area contributed by atoms with Crippen molar-refractivity contribution in [3.05, 3.63) is 11.1 Å². The van der Waals surface area contributed by atoms with Gasteiger partial charge in [-0.2, -0.15) is 0 Å². The van der Waals surface area contributed by atoms with E-state index in [1.165, 1.54) is 6.42 Å². The van der Waals surface area contributed by atoms with Gasteiger partial charge in [-0.25, -0.2) is 0 Å². The van der Waals surface area contributed by atoms with Crippen LogP contribution in [0.3, 0.4) is 0 Å². The number of nitrogens with two attached hydrogens (primary N) is 1. The van der Waals surface area contributed by atoms with Crippen molar-refractivity contribution in [2.45, 2.75) is 44.6 Å². The fourth-order valence-corrected chi connectivity index (χ4v) is 2.62. The van der Waals surface area contributed by atoms with E-state index in [1.807, 2.05) is 6.92 Å². The summed E-state index contributed by atoms with van der Waals surface area (Å²) in [5.41, 5.74) is 6.01. The van der Waals surface area contributed by atoms with Crippen LogP contribution in [0.5, 0.6) is 0 Å². The number of amides is 1. The van der Waals surface area contributed by atoms with Crippen molar-refractivity contribution in [2.75, 3.05) is 0 Å². The predicted octanol–water partition coefficient (Wildman–Crippen LogP) is 1.92. The lowest BCUT2D eigenvalue weighted by atomic mass is 9.79. The van der Waals surface area contributed by atoms with Gasteiger partial charge in [0.05, 0.1) is 0 Å². The van der Waals surface area contributed by atoms with Gasteiger partial charge < -0.3 is 10.5 Å². The maximum absolute atomic E-state index is 11.2. The first-order valence-corrected chi connectivity index (χ1v) is 5.36. The van der Waals surface area contributed by atoms with Crippen molar-refractivity contribution < 1.29 is 9.53 Å². The van der Waals surface area contributed by atoms with Crippen LogP contribution in [-0.4, -0.2) is 17.4 Å². The Morgan fingerprint density at radius 3 is 2.38 bits per heavy atom. The van der Waals surface area contributed by atoms with Crippen LogP contribution < -0.4 is 5.73 Å². The second-order valence-electron chi connectivity index (χ2n) is 4.35. The molecule has 1 heterocycles. The molecular weight excluding hydrogens is 228 g/mol. The van der Waals surface area contributed by atoms with Crippen molar-refractivity contribution in [1.29, 1.82) is 5.41 Å². The molecule has 0 saturated heterocycles. The van der Waals surface area contributed by atoms with Gasteiger partial charge in [0, 0.05) is 0 Å². The van der Waals surface area contributed by atoms with Crippen LogP contribution in [0.1, 0.15) is 39.0 Å². The Kier molecular flexibility index (Phi) is 3.63. The third-order valence-corrected chi connectivity index (χ3v) is 3.49. The minimum atomic E-state index is -0.542. The van der Waals surface area contributed by atoms with Gasteiger partial charge in [-0.05, 0) is 38.2 Å². The highest BCUT2D eigenvalue weighted by Crippen LogP contribution is 2.43. The number of carbonyl (C=O) groups is 1. The molecule has 0 aromatic rings. The highest BCUT2D eigenvalue weighted by molar-refractivity contribution is 6.19. The van der Waals surface area contributed by atoms with E-state index in [0.717, 1.165) is 31.3 Å². The molecule has 90 valence electrons. The van der Waals surface area contributed by atoms with Gasteiger partial charge in [0.15, 0.2) is 0 Å². The molecule has 16 heavy (non-hydrogen) atoms. The highest BCUT2D eigenvalue weighted by atomic mass is 35.5. The Morgan fingerprint density at radius 1 is 1.38 bits per heavy atom. The lowest BCUT2D eigenvalue weighted by Gasteiger charge is -2.33. The van der Waals surface area contributed by atoms with E-state index in [0.29, 0.717) is 0 Å². The van der Waals surface area contributed by atoms with Crippen LogP contribution >= 0.6 is 12.4 Å². The number of hydrogen-bond acceptors (Lipinski definition) is 3. The van der Waals surface area contributed by atoms with E-state index < -0.39 is 5.91 Å². The third kappa shape index (κ3) is 1.82. The van der Waals surface area contributed by atoms with Crippen molar-refractivity contribution in [2.24, 2.45) is 5.73 Å².